The molecule has 0 aliphatic heterocycles. The molecule has 0 saturated heterocycles. The van der Waals surface area contributed by atoms with Crippen molar-refractivity contribution in [3.05, 3.63) is 84.9 Å². The maximum Gasteiger partial charge on any atom is 0.228 e. The molecular formula is C32H30N2O2. The highest BCUT2D eigenvalue weighted by Crippen LogP contribution is 2.59. The first-order valence-corrected chi connectivity index (χ1v) is 13.2. The van der Waals surface area contributed by atoms with Gasteiger partial charge in [-0.3, -0.25) is 9.59 Å². The number of hydrogen-bond donors (Lipinski definition) is 2. The molecule has 4 bridgehead atoms. The second-order valence-corrected chi connectivity index (χ2v) is 11.1. The summed E-state index contributed by atoms with van der Waals surface area (Å²) in [5.41, 5.74) is 1.68. The van der Waals surface area contributed by atoms with Gasteiger partial charge in [0.25, 0.3) is 0 Å². The highest BCUT2D eigenvalue weighted by atomic mass is 16.2. The van der Waals surface area contributed by atoms with E-state index in [1.165, 1.54) is 0 Å². The Labute approximate surface area is 211 Å². The Morgan fingerprint density at radius 3 is 1.53 bits per heavy atom. The van der Waals surface area contributed by atoms with Crippen molar-refractivity contribution in [3.8, 4) is 0 Å². The molecule has 4 aliphatic rings. The molecule has 8 rings (SSSR count). The average Bonchev–Trinajstić information content (AvgIpc) is 2.88. The van der Waals surface area contributed by atoms with Crippen LogP contribution in [0.25, 0.3) is 21.5 Å². The first-order chi connectivity index (χ1) is 17.6. The summed E-state index contributed by atoms with van der Waals surface area (Å²) in [6.07, 6.45) is 4.22. The lowest BCUT2D eigenvalue weighted by Crippen LogP contribution is -2.56. The van der Waals surface area contributed by atoms with Gasteiger partial charge in [-0.15, -0.1) is 0 Å². The summed E-state index contributed by atoms with van der Waals surface area (Å²) in [7, 11) is 0. The van der Waals surface area contributed by atoms with E-state index in [4.69, 9.17) is 0 Å². The topological polar surface area (TPSA) is 58.2 Å². The molecule has 4 aromatic carbocycles. The first-order valence-electron chi connectivity index (χ1n) is 13.2. The third kappa shape index (κ3) is 3.67. The Morgan fingerprint density at radius 1 is 0.556 bits per heavy atom. The number of rotatable bonds is 4. The number of anilines is 2. The van der Waals surface area contributed by atoms with Gasteiger partial charge in [-0.25, -0.2) is 0 Å². The van der Waals surface area contributed by atoms with E-state index in [2.05, 4.69) is 47.0 Å². The van der Waals surface area contributed by atoms with Gasteiger partial charge in [0.1, 0.15) is 0 Å². The predicted molar refractivity (Wildman–Crippen MR) is 145 cm³/mol. The molecule has 36 heavy (non-hydrogen) atoms. The molecule has 2 N–H and O–H groups in total. The number of hydrogen-bond acceptors (Lipinski definition) is 2. The normalized spacial score (nSPS) is 28.3. The Bertz CT molecular complexity index is 1380. The molecule has 4 nitrogen and oxygen atoms in total. The Morgan fingerprint density at radius 2 is 1.03 bits per heavy atom. The molecule has 4 unspecified atom stereocenters. The molecule has 0 heterocycles. The molecule has 4 aromatic rings. The number of amides is 2. The van der Waals surface area contributed by atoms with Crippen LogP contribution in [0.5, 0.6) is 0 Å². The molecule has 4 saturated carbocycles. The monoisotopic (exact) mass is 474 g/mol. The summed E-state index contributed by atoms with van der Waals surface area (Å²) in [5.74, 6) is 1.52. The van der Waals surface area contributed by atoms with Gasteiger partial charge in [-0.1, -0.05) is 60.7 Å². The van der Waals surface area contributed by atoms with Crippen molar-refractivity contribution in [1.29, 1.82) is 0 Å². The lowest BCUT2D eigenvalue weighted by Gasteiger charge is -2.57. The molecule has 4 atom stereocenters. The van der Waals surface area contributed by atoms with Crippen LogP contribution in [0.3, 0.4) is 0 Å². The summed E-state index contributed by atoms with van der Waals surface area (Å²) in [6.45, 7) is 0. The zero-order valence-corrected chi connectivity index (χ0v) is 20.2. The third-order valence-corrected chi connectivity index (χ3v) is 9.06. The minimum atomic E-state index is -0.100. The predicted octanol–water partition coefficient (Wildman–Crippen LogP) is 6.87. The molecule has 0 spiro atoms. The van der Waals surface area contributed by atoms with E-state index in [1.54, 1.807) is 0 Å². The second kappa shape index (κ2) is 8.48. The standard InChI is InChI=1S/C32H30N2O2/c35-31(33-26-11-9-20-5-1-3-7-22(20)17-26)29-24-13-19-14-25(16-24)30(28(29)15-19)32(36)34-27-12-10-21-6-2-4-8-23(21)18-27/h1-12,17-19,24-25,28-30H,13-16H2,(H,33,35)(H,34,36). The van der Waals surface area contributed by atoms with Crippen molar-refractivity contribution in [3.63, 3.8) is 0 Å². The summed E-state index contributed by atoms with van der Waals surface area (Å²) in [5, 5.41) is 11.0. The van der Waals surface area contributed by atoms with Crippen LogP contribution >= 0.6 is 0 Å². The van der Waals surface area contributed by atoms with Gasteiger partial charge in [0.05, 0.1) is 0 Å². The van der Waals surface area contributed by atoms with Crippen LogP contribution in [0.15, 0.2) is 84.9 Å². The zero-order chi connectivity index (χ0) is 24.2. The Kier molecular flexibility index (Phi) is 5.09. The van der Waals surface area contributed by atoms with Gasteiger partial charge in [-0.2, -0.15) is 0 Å². The van der Waals surface area contributed by atoms with E-state index in [-0.39, 0.29) is 29.6 Å². The minimum absolute atomic E-state index is 0.0857. The van der Waals surface area contributed by atoms with Crippen LogP contribution in [0.1, 0.15) is 25.7 Å². The summed E-state index contributed by atoms with van der Waals surface area (Å²) in [4.78, 5) is 27.3. The Balaban J connectivity index is 1.13. The minimum Gasteiger partial charge on any atom is -0.326 e. The van der Waals surface area contributed by atoms with Gasteiger partial charge in [0.15, 0.2) is 0 Å². The maximum absolute atomic E-state index is 13.7. The molecule has 0 aromatic heterocycles. The van der Waals surface area contributed by atoms with Gasteiger partial charge in [0, 0.05) is 23.2 Å². The summed E-state index contributed by atoms with van der Waals surface area (Å²) < 4.78 is 0. The molecule has 180 valence electrons. The summed E-state index contributed by atoms with van der Waals surface area (Å²) in [6, 6.07) is 28.6. The van der Waals surface area contributed by atoms with Crippen LogP contribution in [0.2, 0.25) is 0 Å². The van der Waals surface area contributed by atoms with Crippen LogP contribution in [0.4, 0.5) is 11.4 Å². The fourth-order valence-electron chi connectivity index (χ4n) is 7.72. The average molecular weight is 475 g/mol. The van der Waals surface area contributed by atoms with E-state index in [1.807, 2.05) is 48.5 Å². The van der Waals surface area contributed by atoms with Crippen molar-refractivity contribution in [2.24, 2.45) is 35.5 Å². The quantitative estimate of drug-likeness (QED) is 0.339. The number of carbonyl (C=O) groups is 2. The van der Waals surface area contributed by atoms with E-state index >= 15 is 0 Å². The van der Waals surface area contributed by atoms with Crippen LogP contribution in [-0.2, 0) is 9.59 Å². The molecule has 2 amide bonds. The molecule has 0 radical (unpaired) electrons. The van der Waals surface area contributed by atoms with E-state index in [0.717, 1.165) is 58.6 Å². The van der Waals surface area contributed by atoms with E-state index in [0.29, 0.717) is 17.8 Å². The lowest BCUT2D eigenvalue weighted by molar-refractivity contribution is -0.149. The summed E-state index contributed by atoms with van der Waals surface area (Å²) >= 11 is 0. The lowest BCUT2D eigenvalue weighted by atomic mass is 9.47. The van der Waals surface area contributed by atoms with Crippen molar-refractivity contribution < 1.29 is 9.59 Å². The SMILES string of the molecule is O=C(Nc1ccc2ccccc2c1)C1C2CC3CC(C2)C(C(=O)Nc2ccc4ccccc4c2)C1C3. The molecular weight excluding hydrogens is 444 g/mol. The van der Waals surface area contributed by atoms with Crippen molar-refractivity contribution in [2.75, 3.05) is 10.6 Å². The van der Waals surface area contributed by atoms with Crippen LogP contribution < -0.4 is 10.6 Å². The highest BCUT2D eigenvalue weighted by Gasteiger charge is 2.57. The first kappa shape index (κ1) is 21.6. The maximum atomic E-state index is 13.7. The van der Waals surface area contributed by atoms with Gasteiger partial charge in [-0.05, 0) is 95.2 Å². The third-order valence-electron chi connectivity index (χ3n) is 9.06. The Hall–Kier alpha value is -3.66. The van der Waals surface area contributed by atoms with Crippen molar-refractivity contribution >= 4 is 44.7 Å². The largest absolute Gasteiger partial charge is 0.326 e. The van der Waals surface area contributed by atoms with E-state index in [9.17, 15) is 9.59 Å². The second-order valence-electron chi connectivity index (χ2n) is 11.1. The van der Waals surface area contributed by atoms with Gasteiger partial charge < -0.3 is 10.6 Å². The van der Waals surface area contributed by atoms with Crippen LogP contribution in [-0.4, -0.2) is 11.8 Å². The number of nitrogens with one attached hydrogen (secondary N) is 2. The van der Waals surface area contributed by atoms with Gasteiger partial charge >= 0.3 is 0 Å². The van der Waals surface area contributed by atoms with Crippen molar-refractivity contribution in [2.45, 2.75) is 25.7 Å². The zero-order valence-electron chi connectivity index (χ0n) is 20.2. The van der Waals surface area contributed by atoms with Gasteiger partial charge in [0.2, 0.25) is 11.8 Å². The fraction of sp³-hybridized carbons (Fsp3) is 0.312. The number of benzene rings is 4. The molecule has 4 fully saturated rings. The van der Waals surface area contributed by atoms with Crippen LogP contribution in [0, 0.1) is 35.5 Å². The highest BCUT2D eigenvalue weighted by molar-refractivity contribution is 5.99. The smallest absolute Gasteiger partial charge is 0.228 e. The fourth-order valence-corrected chi connectivity index (χ4v) is 7.72. The number of carbonyl (C=O) groups excluding carboxylic acids is 2. The van der Waals surface area contributed by atoms with Crippen molar-refractivity contribution in [1.82, 2.24) is 0 Å². The molecule has 4 aliphatic carbocycles. The van der Waals surface area contributed by atoms with E-state index < -0.39 is 0 Å². The molecule has 4 heteroatoms. The number of fused-ring (bicyclic) bond motifs is 2.